The van der Waals surface area contributed by atoms with Crippen LogP contribution in [0.4, 0.5) is 0 Å². The molecule has 1 saturated heterocycles. The van der Waals surface area contributed by atoms with Crippen molar-refractivity contribution >= 4 is 11.6 Å². The lowest BCUT2D eigenvalue weighted by Crippen LogP contribution is -2.31. The van der Waals surface area contributed by atoms with Crippen LogP contribution in [0.1, 0.15) is 37.6 Å². The van der Waals surface area contributed by atoms with Crippen molar-refractivity contribution in [2.24, 2.45) is 7.05 Å². The highest BCUT2D eigenvalue weighted by Crippen LogP contribution is 2.20. The summed E-state index contributed by atoms with van der Waals surface area (Å²) in [5, 5.41) is 8.63. The Morgan fingerprint density at radius 3 is 2.94 bits per heavy atom. The molecule has 0 aromatic carbocycles. The lowest BCUT2D eigenvalue weighted by molar-refractivity contribution is 0.0167. The Bertz CT molecular complexity index is 386. The second-order valence-corrected chi connectivity index (χ2v) is 5.18. The molecule has 2 rings (SSSR count). The molecule has 2 heterocycles. The third kappa shape index (κ3) is 3.25. The molecule has 1 atom stereocenters. The van der Waals surface area contributed by atoms with Gasteiger partial charge in [-0.15, -0.1) is 0 Å². The van der Waals surface area contributed by atoms with Gasteiger partial charge in [0.25, 0.3) is 0 Å². The number of ether oxygens (including phenoxy) is 1. The molecule has 1 N–H and O–H groups in total. The molecular weight excluding hydrogens is 250 g/mol. The molecule has 18 heavy (non-hydrogen) atoms. The molecule has 102 valence electrons. The number of hydrogen-bond acceptors (Lipinski definition) is 3. The molecule has 0 spiro atoms. The zero-order chi connectivity index (χ0) is 13.0. The van der Waals surface area contributed by atoms with E-state index in [2.05, 4.69) is 17.3 Å². The minimum absolute atomic E-state index is 0.358. The standard InChI is InChI=1S/C13H22ClN3O/c1-3-11-13(14)12(17(2)16-11)9-15-8-10-6-4-5-7-18-10/h10,15H,3-9H2,1-2H3. The van der Waals surface area contributed by atoms with Gasteiger partial charge in [0.05, 0.1) is 22.5 Å². The molecule has 1 aliphatic rings. The molecule has 5 heteroatoms. The predicted octanol–water partition coefficient (Wildman–Crippen LogP) is 2.29. The predicted molar refractivity (Wildman–Crippen MR) is 72.9 cm³/mol. The van der Waals surface area contributed by atoms with Crippen LogP contribution in [0, 0.1) is 0 Å². The van der Waals surface area contributed by atoms with E-state index in [0.717, 1.165) is 48.9 Å². The van der Waals surface area contributed by atoms with Gasteiger partial charge in [-0.3, -0.25) is 4.68 Å². The van der Waals surface area contributed by atoms with Crippen molar-refractivity contribution < 1.29 is 4.74 Å². The van der Waals surface area contributed by atoms with E-state index in [4.69, 9.17) is 16.3 Å². The maximum absolute atomic E-state index is 6.30. The molecule has 1 unspecified atom stereocenters. The summed E-state index contributed by atoms with van der Waals surface area (Å²) in [6.45, 7) is 4.62. The first-order valence-corrected chi connectivity index (χ1v) is 7.12. The Kier molecular flexibility index (Phi) is 5.03. The van der Waals surface area contributed by atoms with Crippen LogP contribution in [-0.4, -0.2) is 29.0 Å². The Hall–Kier alpha value is -0.580. The number of rotatable bonds is 5. The lowest BCUT2D eigenvalue weighted by atomic mass is 10.1. The highest BCUT2D eigenvalue weighted by molar-refractivity contribution is 6.31. The van der Waals surface area contributed by atoms with Crippen molar-refractivity contribution in [3.63, 3.8) is 0 Å². The summed E-state index contributed by atoms with van der Waals surface area (Å²) in [7, 11) is 1.94. The average molecular weight is 272 g/mol. The summed E-state index contributed by atoms with van der Waals surface area (Å²) >= 11 is 6.30. The molecule has 0 bridgehead atoms. The molecule has 4 nitrogen and oxygen atoms in total. The summed E-state index contributed by atoms with van der Waals surface area (Å²) in [6, 6.07) is 0. The zero-order valence-corrected chi connectivity index (χ0v) is 12.0. The third-order valence-electron chi connectivity index (χ3n) is 3.44. The normalized spacial score (nSPS) is 20.3. The number of aromatic nitrogens is 2. The van der Waals surface area contributed by atoms with E-state index in [0.29, 0.717) is 6.10 Å². The van der Waals surface area contributed by atoms with Gasteiger partial charge < -0.3 is 10.1 Å². The SMILES string of the molecule is CCc1nn(C)c(CNCC2CCCCO2)c1Cl. The van der Waals surface area contributed by atoms with E-state index in [9.17, 15) is 0 Å². The molecule has 0 amide bonds. The molecule has 1 aliphatic heterocycles. The smallest absolute Gasteiger partial charge is 0.0863 e. The van der Waals surface area contributed by atoms with Crippen molar-refractivity contribution in [3.05, 3.63) is 16.4 Å². The van der Waals surface area contributed by atoms with Gasteiger partial charge in [-0.25, -0.2) is 0 Å². The first kappa shape index (κ1) is 13.8. The van der Waals surface area contributed by atoms with Crippen LogP contribution < -0.4 is 5.32 Å². The highest BCUT2D eigenvalue weighted by atomic mass is 35.5. The van der Waals surface area contributed by atoms with Crippen molar-refractivity contribution in [1.29, 1.82) is 0 Å². The Morgan fingerprint density at radius 2 is 2.33 bits per heavy atom. The highest BCUT2D eigenvalue weighted by Gasteiger charge is 2.15. The number of nitrogens with one attached hydrogen (secondary N) is 1. The zero-order valence-electron chi connectivity index (χ0n) is 11.2. The van der Waals surface area contributed by atoms with Crippen LogP contribution in [0.25, 0.3) is 0 Å². The minimum Gasteiger partial charge on any atom is -0.377 e. The van der Waals surface area contributed by atoms with Crippen LogP contribution in [0.3, 0.4) is 0 Å². The van der Waals surface area contributed by atoms with Gasteiger partial charge in [-0.05, 0) is 25.7 Å². The summed E-state index contributed by atoms with van der Waals surface area (Å²) in [5.41, 5.74) is 2.04. The summed E-state index contributed by atoms with van der Waals surface area (Å²) in [4.78, 5) is 0. The van der Waals surface area contributed by atoms with Gasteiger partial charge in [0.15, 0.2) is 0 Å². The monoisotopic (exact) mass is 271 g/mol. The van der Waals surface area contributed by atoms with Gasteiger partial charge >= 0.3 is 0 Å². The first-order valence-electron chi connectivity index (χ1n) is 6.75. The Morgan fingerprint density at radius 1 is 1.50 bits per heavy atom. The van der Waals surface area contributed by atoms with E-state index in [-0.39, 0.29) is 0 Å². The molecule has 1 aromatic rings. The van der Waals surface area contributed by atoms with E-state index in [1.165, 1.54) is 12.8 Å². The van der Waals surface area contributed by atoms with Gasteiger partial charge in [0, 0.05) is 26.7 Å². The molecule has 0 saturated carbocycles. The van der Waals surface area contributed by atoms with Crippen LogP contribution in [0.5, 0.6) is 0 Å². The summed E-state index contributed by atoms with van der Waals surface area (Å²) in [5.74, 6) is 0. The van der Waals surface area contributed by atoms with Crippen molar-refractivity contribution in [3.8, 4) is 0 Å². The first-order chi connectivity index (χ1) is 8.72. The largest absolute Gasteiger partial charge is 0.377 e. The molecule has 0 aliphatic carbocycles. The van der Waals surface area contributed by atoms with Gasteiger partial charge in [0.1, 0.15) is 0 Å². The molecule has 1 fully saturated rings. The van der Waals surface area contributed by atoms with E-state index < -0.39 is 0 Å². The topological polar surface area (TPSA) is 39.1 Å². The van der Waals surface area contributed by atoms with Crippen molar-refractivity contribution in [1.82, 2.24) is 15.1 Å². The van der Waals surface area contributed by atoms with Crippen LogP contribution in [-0.2, 0) is 24.8 Å². The van der Waals surface area contributed by atoms with Crippen LogP contribution in [0.2, 0.25) is 5.02 Å². The van der Waals surface area contributed by atoms with Crippen molar-refractivity contribution in [2.75, 3.05) is 13.2 Å². The minimum atomic E-state index is 0.358. The second-order valence-electron chi connectivity index (χ2n) is 4.80. The Labute approximate surface area is 114 Å². The fourth-order valence-electron chi connectivity index (χ4n) is 2.33. The van der Waals surface area contributed by atoms with Gasteiger partial charge in [-0.1, -0.05) is 18.5 Å². The summed E-state index contributed by atoms with van der Waals surface area (Å²) < 4.78 is 7.56. The molecular formula is C13H22ClN3O. The van der Waals surface area contributed by atoms with Crippen LogP contribution >= 0.6 is 11.6 Å². The van der Waals surface area contributed by atoms with Gasteiger partial charge in [-0.2, -0.15) is 5.10 Å². The maximum atomic E-state index is 6.30. The van der Waals surface area contributed by atoms with E-state index >= 15 is 0 Å². The van der Waals surface area contributed by atoms with Gasteiger partial charge in [0.2, 0.25) is 0 Å². The maximum Gasteiger partial charge on any atom is 0.0863 e. The lowest BCUT2D eigenvalue weighted by Gasteiger charge is -2.22. The third-order valence-corrected chi connectivity index (χ3v) is 3.88. The second kappa shape index (κ2) is 6.55. The van der Waals surface area contributed by atoms with E-state index in [1.54, 1.807) is 0 Å². The number of aryl methyl sites for hydroxylation is 2. The quantitative estimate of drug-likeness (QED) is 0.893. The molecule has 0 radical (unpaired) electrons. The number of hydrogen-bond donors (Lipinski definition) is 1. The van der Waals surface area contributed by atoms with Crippen LogP contribution in [0.15, 0.2) is 0 Å². The van der Waals surface area contributed by atoms with Crippen molar-refractivity contribution in [2.45, 2.75) is 45.3 Å². The molecule has 1 aromatic heterocycles. The average Bonchev–Trinajstić information content (AvgIpc) is 2.67. The fourth-order valence-corrected chi connectivity index (χ4v) is 2.69. The fraction of sp³-hybridized carbons (Fsp3) is 0.769. The number of halogens is 1. The summed E-state index contributed by atoms with van der Waals surface area (Å²) in [6.07, 6.45) is 4.87. The number of nitrogens with zero attached hydrogens (tertiary/aromatic N) is 2. The Balaban J connectivity index is 1.84. The van der Waals surface area contributed by atoms with E-state index in [1.807, 2.05) is 11.7 Å².